The van der Waals surface area contributed by atoms with Gasteiger partial charge in [0.25, 0.3) is 5.56 Å². The molecule has 3 rings (SSSR count). The van der Waals surface area contributed by atoms with Crippen molar-refractivity contribution in [3.8, 4) is 0 Å². The normalized spacial score (nSPS) is 19.7. The molecule has 2 heterocycles. The largest absolute Gasteiger partial charge is 0.301 e. The van der Waals surface area contributed by atoms with Gasteiger partial charge in [0.15, 0.2) is 0 Å². The minimum absolute atomic E-state index is 0.0352. The van der Waals surface area contributed by atoms with Gasteiger partial charge in [-0.1, -0.05) is 13.3 Å². The number of unbranched alkanes of at least 4 members (excludes halogenated alkanes) is 1. The van der Waals surface area contributed by atoms with Gasteiger partial charge < -0.3 is 9.80 Å². The zero-order valence-electron chi connectivity index (χ0n) is 14.4. The van der Waals surface area contributed by atoms with Gasteiger partial charge in [0.05, 0.1) is 5.69 Å². The van der Waals surface area contributed by atoms with E-state index in [2.05, 4.69) is 26.9 Å². The number of hydrogen-bond donors (Lipinski definition) is 1. The van der Waals surface area contributed by atoms with Gasteiger partial charge >= 0.3 is 0 Å². The molecule has 128 valence electrons. The van der Waals surface area contributed by atoms with Crippen molar-refractivity contribution in [1.82, 2.24) is 20.0 Å². The lowest BCUT2D eigenvalue weighted by Crippen LogP contribution is -2.47. The van der Waals surface area contributed by atoms with Crippen LogP contribution in [0.15, 0.2) is 4.79 Å². The van der Waals surface area contributed by atoms with Gasteiger partial charge in [-0.2, -0.15) is 5.10 Å². The van der Waals surface area contributed by atoms with E-state index >= 15 is 0 Å². The Bertz CT molecular complexity index is 561. The highest BCUT2D eigenvalue weighted by Crippen LogP contribution is 2.20. The molecule has 1 aromatic heterocycles. The Morgan fingerprint density at radius 1 is 1.00 bits per heavy atom. The number of nitrogens with zero attached hydrogens (tertiary/aromatic N) is 3. The molecule has 5 nitrogen and oxygen atoms in total. The Balaban J connectivity index is 1.53. The van der Waals surface area contributed by atoms with Gasteiger partial charge in [-0.05, 0) is 44.2 Å². The van der Waals surface area contributed by atoms with Crippen LogP contribution < -0.4 is 5.56 Å². The molecule has 1 aromatic rings. The summed E-state index contributed by atoms with van der Waals surface area (Å²) < 4.78 is 0. The number of H-pyrrole nitrogens is 1. The Hall–Kier alpha value is -1.20. The number of nitrogens with one attached hydrogen (secondary N) is 1. The average molecular weight is 318 g/mol. The van der Waals surface area contributed by atoms with Crippen LogP contribution in [0.5, 0.6) is 0 Å². The highest BCUT2D eigenvalue weighted by molar-refractivity contribution is 5.30. The molecule has 0 atom stereocenters. The first-order valence-corrected chi connectivity index (χ1v) is 9.32. The average Bonchev–Trinajstić information content (AvgIpc) is 2.60. The molecule has 0 saturated carbocycles. The summed E-state index contributed by atoms with van der Waals surface area (Å²) in [6.07, 6.45) is 7.86. The number of rotatable bonds is 6. The summed E-state index contributed by atoms with van der Waals surface area (Å²) in [4.78, 5) is 17.0. The fourth-order valence-corrected chi connectivity index (χ4v) is 3.82. The Labute approximate surface area is 139 Å². The summed E-state index contributed by atoms with van der Waals surface area (Å²) in [6.45, 7) is 9.28. The zero-order valence-corrected chi connectivity index (χ0v) is 14.4. The standard InChI is InChI=1S/C18H30N4O/c1-2-3-9-21-11-13-22(14-12-21)10-8-17-15-6-4-5-7-16(15)18(23)20-19-17/h2-14H2,1H3,(H,20,23). The molecule has 1 aliphatic carbocycles. The fourth-order valence-electron chi connectivity index (χ4n) is 3.82. The summed E-state index contributed by atoms with van der Waals surface area (Å²) in [5.41, 5.74) is 3.42. The van der Waals surface area contributed by atoms with Gasteiger partial charge in [-0.3, -0.25) is 4.79 Å². The molecule has 0 bridgehead atoms. The van der Waals surface area contributed by atoms with Crippen LogP contribution in [0.1, 0.15) is 49.4 Å². The van der Waals surface area contributed by atoms with Crippen LogP contribution in [0.3, 0.4) is 0 Å². The molecule has 0 spiro atoms. The van der Waals surface area contributed by atoms with E-state index < -0.39 is 0 Å². The highest BCUT2D eigenvalue weighted by Gasteiger charge is 2.20. The van der Waals surface area contributed by atoms with Crippen molar-refractivity contribution < 1.29 is 0 Å². The third kappa shape index (κ3) is 4.21. The molecule has 23 heavy (non-hydrogen) atoms. The van der Waals surface area contributed by atoms with Crippen molar-refractivity contribution in [2.75, 3.05) is 39.3 Å². The van der Waals surface area contributed by atoms with Crippen LogP contribution in [0, 0.1) is 0 Å². The third-order valence-electron chi connectivity index (χ3n) is 5.34. The second-order valence-corrected chi connectivity index (χ2v) is 6.95. The number of fused-ring (bicyclic) bond motifs is 1. The van der Waals surface area contributed by atoms with Gasteiger partial charge in [0.1, 0.15) is 0 Å². The lowest BCUT2D eigenvalue weighted by atomic mass is 9.91. The molecule has 0 unspecified atom stereocenters. The van der Waals surface area contributed by atoms with Crippen LogP contribution in [-0.4, -0.2) is 59.3 Å². The fraction of sp³-hybridized carbons (Fsp3) is 0.778. The summed E-state index contributed by atoms with van der Waals surface area (Å²) in [7, 11) is 0. The molecule has 0 radical (unpaired) electrons. The molecular formula is C18H30N4O. The SMILES string of the molecule is CCCCN1CCN(CCc2n[nH]c(=O)c3c2CCCC3)CC1. The summed E-state index contributed by atoms with van der Waals surface area (Å²) >= 11 is 0. The lowest BCUT2D eigenvalue weighted by Gasteiger charge is -2.34. The quantitative estimate of drug-likeness (QED) is 0.866. The van der Waals surface area contributed by atoms with E-state index in [-0.39, 0.29) is 5.56 Å². The Morgan fingerprint density at radius 3 is 2.35 bits per heavy atom. The van der Waals surface area contributed by atoms with Crippen LogP contribution in [0.25, 0.3) is 0 Å². The zero-order chi connectivity index (χ0) is 16.1. The number of aromatic nitrogens is 2. The number of aromatic amines is 1. The Morgan fingerprint density at radius 2 is 1.65 bits per heavy atom. The molecule has 1 fully saturated rings. The predicted molar refractivity (Wildman–Crippen MR) is 93.0 cm³/mol. The van der Waals surface area contributed by atoms with Gasteiger partial charge in [0, 0.05) is 44.7 Å². The van der Waals surface area contributed by atoms with Crippen molar-refractivity contribution in [1.29, 1.82) is 0 Å². The van der Waals surface area contributed by atoms with Crippen molar-refractivity contribution in [3.05, 3.63) is 27.2 Å². The first kappa shape index (κ1) is 16.7. The third-order valence-corrected chi connectivity index (χ3v) is 5.34. The number of piperazine rings is 1. The van der Waals surface area contributed by atoms with Gasteiger partial charge in [0.2, 0.25) is 0 Å². The van der Waals surface area contributed by atoms with E-state index in [1.807, 2.05) is 0 Å². The highest BCUT2D eigenvalue weighted by atomic mass is 16.1. The first-order chi connectivity index (χ1) is 11.3. The van der Waals surface area contributed by atoms with Crippen molar-refractivity contribution >= 4 is 0 Å². The molecule has 1 aliphatic heterocycles. The van der Waals surface area contributed by atoms with E-state index in [4.69, 9.17) is 0 Å². The van der Waals surface area contributed by atoms with E-state index in [0.29, 0.717) is 0 Å². The van der Waals surface area contributed by atoms with Gasteiger partial charge in [-0.15, -0.1) is 0 Å². The molecule has 0 amide bonds. The van der Waals surface area contributed by atoms with E-state index in [1.165, 1.54) is 44.5 Å². The maximum atomic E-state index is 11.9. The van der Waals surface area contributed by atoms with E-state index in [1.54, 1.807) is 0 Å². The minimum atomic E-state index is 0.0352. The smallest absolute Gasteiger partial charge is 0.267 e. The van der Waals surface area contributed by atoms with Crippen molar-refractivity contribution in [2.45, 2.75) is 51.9 Å². The molecule has 1 N–H and O–H groups in total. The van der Waals surface area contributed by atoms with Crippen LogP contribution in [0.4, 0.5) is 0 Å². The lowest BCUT2D eigenvalue weighted by molar-refractivity contribution is 0.132. The summed E-state index contributed by atoms with van der Waals surface area (Å²) in [5, 5.41) is 7.07. The van der Waals surface area contributed by atoms with Crippen LogP contribution >= 0.6 is 0 Å². The topological polar surface area (TPSA) is 52.2 Å². The summed E-state index contributed by atoms with van der Waals surface area (Å²) in [6, 6.07) is 0. The first-order valence-electron chi connectivity index (χ1n) is 9.32. The molecule has 2 aliphatic rings. The van der Waals surface area contributed by atoms with E-state index in [9.17, 15) is 4.79 Å². The molecule has 1 saturated heterocycles. The predicted octanol–water partition coefficient (Wildman–Crippen LogP) is 1.61. The number of hydrogen-bond acceptors (Lipinski definition) is 4. The molecular weight excluding hydrogens is 288 g/mol. The van der Waals surface area contributed by atoms with Crippen LogP contribution in [0.2, 0.25) is 0 Å². The minimum Gasteiger partial charge on any atom is -0.301 e. The van der Waals surface area contributed by atoms with E-state index in [0.717, 1.165) is 56.6 Å². The second kappa shape index (κ2) is 8.06. The van der Waals surface area contributed by atoms with Crippen molar-refractivity contribution in [2.24, 2.45) is 0 Å². The molecule has 0 aromatic carbocycles. The maximum absolute atomic E-state index is 11.9. The van der Waals surface area contributed by atoms with Gasteiger partial charge in [-0.25, -0.2) is 5.10 Å². The maximum Gasteiger partial charge on any atom is 0.267 e. The Kier molecular flexibility index (Phi) is 5.84. The molecule has 5 heteroatoms. The summed E-state index contributed by atoms with van der Waals surface area (Å²) in [5.74, 6) is 0. The monoisotopic (exact) mass is 318 g/mol. The van der Waals surface area contributed by atoms with Crippen LogP contribution in [-0.2, 0) is 19.3 Å². The second-order valence-electron chi connectivity index (χ2n) is 6.95. The van der Waals surface area contributed by atoms with Crippen molar-refractivity contribution in [3.63, 3.8) is 0 Å².